The number of aliphatic carboxylic acids is 2. The van der Waals surface area contributed by atoms with E-state index in [2.05, 4.69) is 49.8 Å². The van der Waals surface area contributed by atoms with Crippen molar-refractivity contribution in [1.82, 2.24) is 42.1 Å². The number of aliphatic hydroxyl groups excluding tert-OH is 2. The normalized spacial score (nSPS) is 17.3. The standard InChI is InChI=1S/C39H59N9O14S/c1-19(2)30(46-32(54)23(40)17-49)37(59)47-31(21(4)50)38(60)45-26(18-63)35(57)44-25(15-22-9-6-5-7-10-22)33(55)41-16-28(51)48-14-8-11-27(48)36(58)43-24(12-13-29(52)53)34(56)42-20(3)39(61)62/h5-7,9-10,19-21,23-27,30-31,49-50,63H,8,11-18,40H2,1-4H3,(H,41,55)(H,42,56)(H,43,58)(H,44,57)(H,45,60)(H,46,54)(H,47,59)(H,52,53)(H,61,62)/t20-,21+,23-,24-,25-,26-,27-,30-,31-/m0/s1. The first-order valence-corrected chi connectivity index (χ1v) is 20.8. The smallest absolute Gasteiger partial charge is 0.325 e. The summed E-state index contributed by atoms with van der Waals surface area (Å²) in [4.78, 5) is 129. The molecule has 1 aromatic carbocycles. The van der Waals surface area contributed by atoms with Crippen LogP contribution in [0.1, 0.15) is 58.9 Å². The van der Waals surface area contributed by atoms with Gasteiger partial charge >= 0.3 is 11.9 Å². The molecule has 13 N–H and O–H groups in total. The SMILES string of the molecule is CC(C)[C@H](NC(=O)[C@@H](N)CO)C(=O)N[C@H](C(=O)N[C@@H](CS)C(=O)N[C@@H](Cc1ccccc1)C(=O)NCC(=O)N1CCC[C@H]1C(=O)N[C@@H](CCC(=O)O)C(=O)N[C@@H](C)C(=O)O)[C@@H](C)O. The van der Waals surface area contributed by atoms with Crippen LogP contribution in [0.5, 0.6) is 0 Å². The summed E-state index contributed by atoms with van der Waals surface area (Å²) in [6.45, 7) is 4.31. The molecule has 0 unspecified atom stereocenters. The number of carboxylic acids is 2. The highest BCUT2D eigenvalue weighted by Crippen LogP contribution is 2.18. The molecular weight excluding hydrogens is 851 g/mol. The maximum Gasteiger partial charge on any atom is 0.325 e. The van der Waals surface area contributed by atoms with Gasteiger partial charge in [0.15, 0.2) is 0 Å². The summed E-state index contributed by atoms with van der Waals surface area (Å²) >= 11 is 4.18. The molecule has 1 heterocycles. The lowest BCUT2D eigenvalue weighted by molar-refractivity contribution is -0.143. The minimum absolute atomic E-state index is 0.0842. The van der Waals surface area contributed by atoms with Crippen molar-refractivity contribution in [3.8, 4) is 0 Å². The fraction of sp³-hybridized carbons (Fsp3) is 0.590. The number of hydrogen-bond donors (Lipinski definition) is 13. The number of thiol groups is 1. The first kappa shape index (κ1) is 53.3. The quantitative estimate of drug-likeness (QED) is 0.0412. The Balaban J connectivity index is 2.20. The van der Waals surface area contributed by atoms with Gasteiger partial charge in [-0.2, -0.15) is 12.6 Å². The number of amides is 8. The third-order valence-corrected chi connectivity index (χ3v) is 10.2. The summed E-state index contributed by atoms with van der Waals surface area (Å²) in [7, 11) is 0. The third-order valence-electron chi connectivity index (χ3n) is 9.87. The fourth-order valence-electron chi connectivity index (χ4n) is 6.22. The molecule has 24 heteroatoms. The molecule has 0 bridgehead atoms. The summed E-state index contributed by atoms with van der Waals surface area (Å²) in [5.41, 5.74) is 6.14. The topological polar surface area (TPSA) is 365 Å². The van der Waals surface area contributed by atoms with E-state index in [4.69, 9.17) is 15.9 Å². The van der Waals surface area contributed by atoms with E-state index < -0.39 is 139 Å². The zero-order valence-corrected chi connectivity index (χ0v) is 36.3. The van der Waals surface area contributed by atoms with Gasteiger partial charge in [-0.05, 0) is 44.6 Å². The van der Waals surface area contributed by atoms with Crippen molar-refractivity contribution in [2.75, 3.05) is 25.4 Å². The first-order chi connectivity index (χ1) is 29.6. The molecule has 9 atom stereocenters. The molecule has 1 aromatic rings. The van der Waals surface area contributed by atoms with Gasteiger partial charge in [-0.3, -0.25) is 47.9 Å². The van der Waals surface area contributed by atoms with E-state index in [0.29, 0.717) is 12.0 Å². The Labute approximate surface area is 368 Å². The summed E-state index contributed by atoms with van der Waals surface area (Å²) in [6, 6.07) is -2.44. The van der Waals surface area contributed by atoms with Crippen LogP contribution in [-0.2, 0) is 54.4 Å². The number of likely N-dealkylation sites (tertiary alicyclic amines) is 1. The van der Waals surface area contributed by atoms with Gasteiger partial charge in [-0.25, -0.2) is 0 Å². The van der Waals surface area contributed by atoms with Gasteiger partial charge in [0.05, 0.1) is 19.3 Å². The molecule has 0 aliphatic carbocycles. The summed E-state index contributed by atoms with van der Waals surface area (Å²) in [5.74, 6) is -10.4. The van der Waals surface area contributed by atoms with E-state index in [0.717, 1.165) is 4.90 Å². The van der Waals surface area contributed by atoms with Gasteiger partial charge in [-0.15, -0.1) is 0 Å². The van der Waals surface area contributed by atoms with E-state index in [1.807, 2.05) is 0 Å². The predicted octanol–water partition coefficient (Wildman–Crippen LogP) is -4.50. The van der Waals surface area contributed by atoms with E-state index in [-0.39, 0.29) is 31.6 Å². The Morgan fingerprint density at radius 1 is 0.762 bits per heavy atom. The van der Waals surface area contributed by atoms with Crippen LogP contribution in [0.3, 0.4) is 0 Å². The second kappa shape index (κ2) is 25.9. The van der Waals surface area contributed by atoms with Crippen LogP contribution in [0, 0.1) is 5.92 Å². The number of carbonyl (C=O) groups is 10. The largest absolute Gasteiger partial charge is 0.481 e. The molecule has 0 radical (unpaired) electrons. The van der Waals surface area contributed by atoms with Crippen molar-refractivity contribution in [2.45, 2.75) is 114 Å². The second-order valence-corrected chi connectivity index (χ2v) is 15.6. The Morgan fingerprint density at radius 2 is 1.35 bits per heavy atom. The Morgan fingerprint density at radius 3 is 1.90 bits per heavy atom. The van der Waals surface area contributed by atoms with Gasteiger partial charge < -0.3 is 68.3 Å². The van der Waals surface area contributed by atoms with Crippen LogP contribution < -0.4 is 43.0 Å². The first-order valence-electron chi connectivity index (χ1n) is 20.1. The molecule has 1 saturated heterocycles. The van der Waals surface area contributed by atoms with E-state index in [1.54, 1.807) is 44.2 Å². The average Bonchev–Trinajstić information content (AvgIpc) is 3.74. The van der Waals surface area contributed by atoms with Crippen LogP contribution in [0.25, 0.3) is 0 Å². The molecule has 8 amide bonds. The molecule has 0 aromatic heterocycles. The lowest BCUT2D eigenvalue weighted by Gasteiger charge is -2.28. The predicted molar refractivity (Wildman–Crippen MR) is 225 cm³/mol. The van der Waals surface area contributed by atoms with Gasteiger partial charge in [0, 0.05) is 25.1 Å². The van der Waals surface area contributed by atoms with Gasteiger partial charge in [0.1, 0.15) is 48.3 Å². The number of hydrogen-bond acceptors (Lipinski definition) is 14. The number of carbonyl (C=O) groups excluding carboxylic acids is 8. The number of rotatable bonds is 25. The van der Waals surface area contributed by atoms with Gasteiger partial charge in [-0.1, -0.05) is 44.2 Å². The number of aliphatic hydroxyl groups is 2. The molecule has 1 fully saturated rings. The molecule has 0 spiro atoms. The average molecular weight is 910 g/mol. The lowest BCUT2D eigenvalue weighted by atomic mass is 10.0. The number of benzene rings is 1. The maximum atomic E-state index is 13.7. The summed E-state index contributed by atoms with van der Waals surface area (Å²) in [5, 5.41) is 54.7. The highest BCUT2D eigenvalue weighted by molar-refractivity contribution is 7.80. The number of carboxylic acid groups (broad SMARTS) is 2. The number of nitrogens with one attached hydrogen (secondary N) is 7. The number of nitrogens with zero attached hydrogens (tertiary/aromatic N) is 1. The molecule has 1 aliphatic rings. The molecule has 63 heavy (non-hydrogen) atoms. The van der Waals surface area contributed by atoms with Gasteiger partial charge in [0.25, 0.3) is 0 Å². The highest BCUT2D eigenvalue weighted by Gasteiger charge is 2.38. The summed E-state index contributed by atoms with van der Waals surface area (Å²) in [6.07, 6.45) is -2.00. The van der Waals surface area contributed by atoms with Crippen molar-refractivity contribution < 1.29 is 68.4 Å². The lowest BCUT2D eigenvalue weighted by Crippen LogP contribution is -2.62. The van der Waals surface area contributed by atoms with Crippen molar-refractivity contribution in [3.05, 3.63) is 35.9 Å². The second-order valence-electron chi connectivity index (χ2n) is 15.3. The third kappa shape index (κ3) is 17.1. The van der Waals surface area contributed by atoms with Crippen LogP contribution in [0.15, 0.2) is 30.3 Å². The van der Waals surface area contributed by atoms with Crippen molar-refractivity contribution in [2.24, 2.45) is 11.7 Å². The Hall–Kier alpha value is -5.85. The van der Waals surface area contributed by atoms with Crippen LogP contribution >= 0.6 is 12.6 Å². The molecule has 1 aliphatic heterocycles. The maximum absolute atomic E-state index is 13.7. The van der Waals surface area contributed by atoms with E-state index >= 15 is 0 Å². The molecule has 23 nitrogen and oxygen atoms in total. The van der Waals surface area contributed by atoms with Crippen LogP contribution in [0.2, 0.25) is 0 Å². The van der Waals surface area contributed by atoms with E-state index in [1.165, 1.54) is 13.8 Å². The van der Waals surface area contributed by atoms with Gasteiger partial charge in [0.2, 0.25) is 47.3 Å². The van der Waals surface area contributed by atoms with Crippen molar-refractivity contribution in [3.63, 3.8) is 0 Å². The van der Waals surface area contributed by atoms with Crippen molar-refractivity contribution in [1.29, 1.82) is 0 Å². The Kier molecular flexibility index (Phi) is 21.9. The summed E-state index contributed by atoms with van der Waals surface area (Å²) < 4.78 is 0. The minimum Gasteiger partial charge on any atom is -0.481 e. The molecular formula is C39H59N9O14S. The molecule has 350 valence electrons. The fourth-order valence-corrected chi connectivity index (χ4v) is 6.48. The number of nitrogens with two attached hydrogens (primary N) is 1. The zero-order chi connectivity index (χ0) is 47.6. The zero-order valence-electron chi connectivity index (χ0n) is 35.4. The monoisotopic (exact) mass is 909 g/mol. The molecule has 0 saturated carbocycles. The van der Waals surface area contributed by atoms with Crippen molar-refractivity contribution >= 4 is 71.8 Å². The minimum atomic E-state index is -1.64. The van der Waals surface area contributed by atoms with Crippen LogP contribution in [-0.4, -0.2) is 164 Å². The highest BCUT2D eigenvalue weighted by atomic mass is 32.1. The Bertz CT molecular complexity index is 1800. The van der Waals surface area contributed by atoms with Crippen LogP contribution in [0.4, 0.5) is 0 Å². The molecule has 2 rings (SSSR count). The van der Waals surface area contributed by atoms with E-state index in [9.17, 15) is 58.2 Å².